The lowest BCUT2D eigenvalue weighted by Crippen LogP contribution is -2.30. The number of halogens is 1. The lowest BCUT2D eigenvalue weighted by molar-refractivity contribution is -0.123. The van der Waals surface area contributed by atoms with Gasteiger partial charge in [0.05, 0.1) is 5.02 Å². The Labute approximate surface area is 98.7 Å². The zero-order valence-corrected chi connectivity index (χ0v) is 9.46. The van der Waals surface area contributed by atoms with Crippen LogP contribution < -0.4 is 15.8 Å². The van der Waals surface area contributed by atoms with Crippen molar-refractivity contribution in [3.8, 4) is 5.75 Å². The summed E-state index contributed by atoms with van der Waals surface area (Å²) in [6, 6.07) is 5.27. The summed E-state index contributed by atoms with van der Waals surface area (Å²) in [6.07, 6.45) is 2.12. The number of nitrogens with two attached hydrogens (primary N) is 1. The molecule has 0 bridgehead atoms. The van der Waals surface area contributed by atoms with Crippen LogP contribution >= 0.6 is 11.6 Å². The standard InChI is InChI=1S/C11H13ClN2O2/c12-9-4-1-7(13)5-10(9)16-6-11(15)14-8-2-3-8/h1,4-5,8H,2-3,6,13H2,(H,14,15). The molecule has 0 radical (unpaired) electrons. The summed E-state index contributed by atoms with van der Waals surface area (Å²) in [6.45, 7) is -0.0281. The Morgan fingerprint density at radius 1 is 1.56 bits per heavy atom. The van der Waals surface area contributed by atoms with E-state index in [0.29, 0.717) is 22.5 Å². The minimum Gasteiger partial charge on any atom is -0.482 e. The Morgan fingerprint density at radius 2 is 2.31 bits per heavy atom. The lowest BCUT2D eigenvalue weighted by atomic mass is 10.3. The van der Waals surface area contributed by atoms with Crippen molar-refractivity contribution in [2.45, 2.75) is 18.9 Å². The Kier molecular flexibility index (Phi) is 3.19. The molecule has 0 aromatic heterocycles. The molecule has 0 unspecified atom stereocenters. The van der Waals surface area contributed by atoms with Gasteiger partial charge in [-0.3, -0.25) is 4.79 Å². The number of hydrogen-bond donors (Lipinski definition) is 2. The molecule has 0 saturated heterocycles. The first-order valence-corrected chi connectivity index (χ1v) is 5.50. The van der Waals surface area contributed by atoms with E-state index in [0.717, 1.165) is 12.8 Å². The highest BCUT2D eigenvalue weighted by molar-refractivity contribution is 6.32. The third-order valence-electron chi connectivity index (χ3n) is 2.26. The van der Waals surface area contributed by atoms with Crippen molar-refractivity contribution < 1.29 is 9.53 Å². The van der Waals surface area contributed by atoms with Crippen molar-refractivity contribution in [2.24, 2.45) is 0 Å². The maximum atomic E-state index is 11.4. The van der Waals surface area contributed by atoms with E-state index in [4.69, 9.17) is 22.1 Å². The van der Waals surface area contributed by atoms with E-state index in [2.05, 4.69) is 5.32 Å². The smallest absolute Gasteiger partial charge is 0.258 e. The Balaban J connectivity index is 1.87. The zero-order chi connectivity index (χ0) is 11.5. The van der Waals surface area contributed by atoms with Gasteiger partial charge in [0.1, 0.15) is 5.75 Å². The fourth-order valence-corrected chi connectivity index (χ4v) is 1.44. The first-order valence-electron chi connectivity index (χ1n) is 5.12. The van der Waals surface area contributed by atoms with Crippen molar-refractivity contribution in [1.82, 2.24) is 5.32 Å². The molecule has 4 nitrogen and oxygen atoms in total. The number of hydrogen-bond acceptors (Lipinski definition) is 3. The number of nitrogen functional groups attached to an aromatic ring is 1. The van der Waals surface area contributed by atoms with Gasteiger partial charge in [-0.1, -0.05) is 11.6 Å². The van der Waals surface area contributed by atoms with Gasteiger partial charge in [-0.15, -0.1) is 0 Å². The van der Waals surface area contributed by atoms with E-state index < -0.39 is 0 Å². The van der Waals surface area contributed by atoms with Crippen LogP contribution in [0.3, 0.4) is 0 Å². The quantitative estimate of drug-likeness (QED) is 0.786. The zero-order valence-electron chi connectivity index (χ0n) is 8.70. The molecule has 1 aromatic rings. The van der Waals surface area contributed by atoms with Crippen LogP contribution in [-0.4, -0.2) is 18.6 Å². The predicted molar refractivity (Wildman–Crippen MR) is 62.5 cm³/mol. The van der Waals surface area contributed by atoms with Crippen LogP contribution in [0.5, 0.6) is 5.75 Å². The van der Waals surface area contributed by atoms with Crippen LogP contribution in [0, 0.1) is 0 Å². The summed E-state index contributed by atoms with van der Waals surface area (Å²) >= 11 is 5.89. The van der Waals surface area contributed by atoms with Gasteiger partial charge in [0.15, 0.2) is 6.61 Å². The van der Waals surface area contributed by atoms with E-state index >= 15 is 0 Å². The monoisotopic (exact) mass is 240 g/mol. The largest absolute Gasteiger partial charge is 0.482 e. The van der Waals surface area contributed by atoms with Crippen LogP contribution in [-0.2, 0) is 4.79 Å². The minimum atomic E-state index is -0.124. The number of rotatable bonds is 4. The van der Waals surface area contributed by atoms with Crippen LogP contribution in [0.2, 0.25) is 5.02 Å². The molecule has 0 atom stereocenters. The number of carbonyl (C=O) groups excluding carboxylic acids is 1. The summed E-state index contributed by atoms with van der Waals surface area (Å²) < 4.78 is 5.28. The van der Waals surface area contributed by atoms with Gasteiger partial charge in [-0.2, -0.15) is 0 Å². The van der Waals surface area contributed by atoms with Crippen LogP contribution in [0.15, 0.2) is 18.2 Å². The molecular formula is C11H13ClN2O2. The minimum absolute atomic E-state index is 0.0281. The first kappa shape index (κ1) is 11.1. The molecule has 86 valence electrons. The first-order chi connectivity index (χ1) is 7.65. The molecule has 1 amide bonds. The average molecular weight is 241 g/mol. The van der Waals surface area contributed by atoms with E-state index in [1.54, 1.807) is 18.2 Å². The third kappa shape index (κ3) is 3.03. The Bertz CT molecular complexity index is 405. The second kappa shape index (κ2) is 4.61. The van der Waals surface area contributed by atoms with Crippen LogP contribution in [0.4, 0.5) is 5.69 Å². The highest BCUT2D eigenvalue weighted by atomic mass is 35.5. The van der Waals surface area contributed by atoms with E-state index in [1.807, 2.05) is 0 Å². The second-order valence-corrected chi connectivity index (χ2v) is 4.23. The summed E-state index contributed by atoms with van der Waals surface area (Å²) in [5, 5.41) is 3.27. The number of ether oxygens (including phenoxy) is 1. The molecule has 1 aromatic carbocycles. The number of anilines is 1. The fraction of sp³-hybridized carbons (Fsp3) is 0.364. The predicted octanol–water partition coefficient (Wildman–Crippen LogP) is 1.58. The van der Waals surface area contributed by atoms with Crippen molar-refractivity contribution in [2.75, 3.05) is 12.3 Å². The molecule has 2 rings (SSSR count). The molecular weight excluding hydrogens is 228 g/mol. The van der Waals surface area contributed by atoms with Crippen molar-refractivity contribution >= 4 is 23.2 Å². The molecule has 1 aliphatic carbocycles. The van der Waals surface area contributed by atoms with Gasteiger partial charge in [-0.25, -0.2) is 0 Å². The number of carbonyl (C=O) groups is 1. The molecule has 1 saturated carbocycles. The highest BCUT2D eigenvalue weighted by Gasteiger charge is 2.23. The Hall–Kier alpha value is -1.42. The maximum Gasteiger partial charge on any atom is 0.258 e. The van der Waals surface area contributed by atoms with E-state index in [1.165, 1.54) is 0 Å². The second-order valence-electron chi connectivity index (χ2n) is 3.82. The van der Waals surface area contributed by atoms with Crippen molar-refractivity contribution in [3.05, 3.63) is 23.2 Å². The van der Waals surface area contributed by atoms with Crippen LogP contribution in [0.25, 0.3) is 0 Å². The van der Waals surface area contributed by atoms with Crippen molar-refractivity contribution in [1.29, 1.82) is 0 Å². The molecule has 16 heavy (non-hydrogen) atoms. The molecule has 5 heteroatoms. The van der Waals surface area contributed by atoms with Gasteiger partial charge < -0.3 is 15.8 Å². The van der Waals surface area contributed by atoms with Gasteiger partial charge in [-0.05, 0) is 25.0 Å². The summed E-state index contributed by atoms with van der Waals surface area (Å²) in [5.74, 6) is 0.314. The normalized spacial score (nSPS) is 14.6. The summed E-state index contributed by atoms with van der Waals surface area (Å²) in [7, 11) is 0. The molecule has 1 aliphatic rings. The van der Waals surface area contributed by atoms with E-state index in [9.17, 15) is 4.79 Å². The van der Waals surface area contributed by atoms with Crippen LogP contribution in [0.1, 0.15) is 12.8 Å². The van der Waals surface area contributed by atoms with E-state index in [-0.39, 0.29) is 12.5 Å². The molecule has 0 aliphatic heterocycles. The fourth-order valence-electron chi connectivity index (χ4n) is 1.27. The molecule has 3 N–H and O–H groups in total. The summed E-state index contributed by atoms with van der Waals surface area (Å²) in [5.41, 5.74) is 6.14. The molecule has 1 fully saturated rings. The average Bonchev–Trinajstić information content (AvgIpc) is 3.03. The SMILES string of the molecule is Nc1ccc(Cl)c(OCC(=O)NC2CC2)c1. The van der Waals surface area contributed by atoms with Gasteiger partial charge in [0.25, 0.3) is 5.91 Å². The number of benzene rings is 1. The van der Waals surface area contributed by atoms with Gasteiger partial charge >= 0.3 is 0 Å². The topological polar surface area (TPSA) is 64.3 Å². The Morgan fingerprint density at radius 3 is 3.00 bits per heavy atom. The molecule has 0 spiro atoms. The number of nitrogens with one attached hydrogen (secondary N) is 1. The number of amides is 1. The molecule has 0 heterocycles. The van der Waals surface area contributed by atoms with Gasteiger partial charge in [0, 0.05) is 17.8 Å². The third-order valence-corrected chi connectivity index (χ3v) is 2.57. The maximum absolute atomic E-state index is 11.4. The van der Waals surface area contributed by atoms with Crippen molar-refractivity contribution in [3.63, 3.8) is 0 Å². The van der Waals surface area contributed by atoms with Gasteiger partial charge in [0.2, 0.25) is 0 Å². The summed E-state index contributed by atoms with van der Waals surface area (Å²) in [4.78, 5) is 11.4. The lowest BCUT2D eigenvalue weighted by Gasteiger charge is -2.08. The highest BCUT2D eigenvalue weighted by Crippen LogP contribution is 2.26.